The van der Waals surface area contributed by atoms with E-state index < -0.39 is 12.2 Å². The summed E-state index contributed by atoms with van der Waals surface area (Å²) in [4.78, 5) is 11.9. The number of nitrogens with one attached hydrogen (secondary N) is 1. The second kappa shape index (κ2) is 9.33. The van der Waals surface area contributed by atoms with Crippen molar-refractivity contribution >= 4 is 6.09 Å². The predicted octanol–water partition coefficient (Wildman–Crippen LogP) is 4.82. The van der Waals surface area contributed by atoms with Gasteiger partial charge in [0.1, 0.15) is 17.6 Å². The van der Waals surface area contributed by atoms with E-state index in [0.29, 0.717) is 29.5 Å². The van der Waals surface area contributed by atoms with Crippen molar-refractivity contribution in [2.24, 2.45) is 5.92 Å². The van der Waals surface area contributed by atoms with Gasteiger partial charge >= 0.3 is 6.09 Å². The van der Waals surface area contributed by atoms with Gasteiger partial charge in [-0.15, -0.1) is 0 Å². The second-order valence-corrected chi connectivity index (χ2v) is 5.80. The maximum absolute atomic E-state index is 11.9. The zero-order valence-corrected chi connectivity index (χ0v) is 14.4. The first-order valence-corrected chi connectivity index (χ1v) is 8.29. The standard InChI is InChI=1S/C20H22N2O3/c1-3-15(2)14-22-20(23)25-19(13-21)16-8-7-11-18(12-16)24-17-9-5-4-6-10-17/h4-12,15,19H,3,14H2,1-2H3,(H,22,23). The maximum Gasteiger partial charge on any atom is 0.408 e. The number of para-hydroxylation sites is 1. The molecule has 0 aliphatic carbocycles. The topological polar surface area (TPSA) is 71.3 Å². The minimum absolute atomic E-state index is 0.357. The molecule has 2 aromatic rings. The number of alkyl carbamates (subject to hydrolysis) is 1. The smallest absolute Gasteiger partial charge is 0.408 e. The van der Waals surface area contributed by atoms with E-state index in [0.717, 1.165) is 6.42 Å². The molecule has 0 radical (unpaired) electrons. The molecular formula is C20H22N2O3. The Morgan fingerprint density at radius 1 is 1.16 bits per heavy atom. The molecule has 5 heteroatoms. The van der Waals surface area contributed by atoms with Gasteiger partial charge in [-0.05, 0) is 30.2 Å². The summed E-state index contributed by atoms with van der Waals surface area (Å²) in [5, 5.41) is 12.0. The van der Waals surface area contributed by atoms with Crippen molar-refractivity contribution in [1.29, 1.82) is 5.26 Å². The summed E-state index contributed by atoms with van der Waals surface area (Å²) in [6.07, 6.45) is -0.627. The number of ether oxygens (including phenoxy) is 2. The number of nitriles is 1. The first-order chi connectivity index (χ1) is 12.1. The van der Waals surface area contributed by atoms with E-state index in [2.05, 4.69) is 5.32 Å². The summed E-state index contributed by atoms with van der Waals surface area (Å²) in [6.45, 7) is 4.60. The van der Waals surface area contributed by atoms with Crippen LogP contribution in [-0.4, -0.2) is 12.6 Å². The van der Waals surface area contributed by atoms with Crippen LogP contribution in [0, 0.1) is 17.2 Å². The van der Waals surface area contributed by atoms with Gasteiger partial charge in [-0.1, -0.05) is 50.6 Å². The Bertz CT molecular complexity index is 725. The normalized spacial score (nSPS) is 12.5. The van der Waals surface area contributed by atoms with Crippen LogP contribution in [0.3, 0.4) is 0 Å². The highest BCUT2D eigenvalue weighted by Crippen LogP contribution is 2.25. The Morgan fingerprint density at radius 3 is 2.56 bits per heavy atom. The molecule has 2 aromatic carbocycles. The fourth-order valence-corrected chi connectivity index (χ4v) is 2.09. The number of hydrogen-bond donors (Lipinski definition) is 1. The molecule has 0 saturated carbocycles. The van der Waals surface area contributed by atoms with Crippen molar-refractivity contribution in [2.75, 3.05) is 6.54 Å². The summed E-state index contributed by atoms with van der Waals surface area (Å²) in [7, 11) is 0. The van der Waals surface area contributed by atoms with Gasteiger partial charge in [0.25, 0.3) is 0 Å². The molecular weight excluding hydrogens is 316 g/mol. The minimum atomic E-state index is -0.990. The predicted molar refractivity (Wildman–Crippen MR) is 95.3 cm³/mol. The molecule has 0 heterocycles. The molecule has 0 saturated heterocycles. The summed E-state index contributed by atoms with van der Waals surface area (Å²) in [6, 6.07) is 18.3. The number of hydrogen-bond acceptors (Lipinski definition) is 4. The highest BCUT2D eigenvalue weighted by molar-refractivity contribution is 5.67. The van der Waals surface area contributed by atoms with Crippen molar-refractivity contribution in [3.05, 3.63) is 60.2 Å². The lowest BCUT2D eigenvalue weighted by atomic mass is 10.1. The van der Waals surface area contributed by atoms with Crippen LogP contribution in [0.2, 0.25) is 0 Å². The van der Waals surface area contributed by atoms with Crippen molar-refractivity contribution in [1.82, 2.24) is 5.32 Å². The van der Waals surface area contributed by atoms with Crippen LogP contribution in [0.1, 0.15) is 31.9 Å². The highest BCUT2D eigenvalue weighted by atomic mass is 16.6. The zero-order chi connectivity index (χ0) is 18.1. The Kier molecular flexibility index (Phi) is 6.85. The summed E-state index contributed by atoms with van der Waals surface area (Å²) in [5.41, 5.74) is 0.564. The lowest BCUT2D eigenvalue weighted by molar-refractivity contribution is 0.121. The molecule has 0 bridgehead atoms. The van der Waals surface area contributed by atoms with Crippen LogP contribution in [0.4, 0.5) is 4.79 Å². The summed E-state index contributed by atoms with van der Waals surface area (Å²) in [5.74, 6) is 1.63. The van der Waals surface area contributed by atoms with Crippen LogP contribution < -0.4 is 10.1 Å². The Labute approximate surface area is 148 Å². The van der Waals surface area contributed by atoms with Crippen LogP contribution >= 0.6 is 0 Å². The van der Waals surface area contributed by atoms with E-state index in [9.17, 15) is 10.1 Å². The van der Waals surface area contributed by atoms with E-state index >= 15 is 0 Å². The van der Waals surface area contributed by atoms with Crippen LogP contribution in [0.25, 0.3) is 0 Å². The van der Waals surface area contributed by atoms with Crippen molar-refractivity contribution < 1.29 is 14.3 Å². The Morgan fingerprint density at radius 2 is 1.88 bits per heavy atom. The number of benzene rings is 2. The minimum Gasteiger partial charge on any atom is -0.457 e. The van der Waals surface area contributed by atoms with Crippen LogP contribution in [0.5, 0.6) is 11.5 Å². The van der Waals surface area contributed by atoms with E-state index in [1.165, 1.54) is 0 Å². The van der Waals surface area contributed by atoms with Gasteiger partial charge in [0, 0.05) is 12.1 Å². The van der Waals surface area contributed by atoms with Crippen LogP contribution in [-0.2, 0) is 4.74 Å². The first-order valence-electron chi connectivity index (χ1n) is 8.29. The fraction of sp³-hybridized carbons (Fsp3) is 0.300. The number of carbonyl (C=O) groups excluding carboxylic acids is 1. The largest absolute Gasteiger partial charge is 0.457 e. The third kappa shape index (κ3) is 5.85. The number of rotatable bonds is 7. The molecule has 2 unspecified atom stereocenters. The zero-order valence-electron chi connectivity index (χ0n) is 14.4. The quantitative estimate of drug-likeness (QED) is 0.786. The van der Waals surface area contributed by atoms with Gasteiger partial charge in [-0.25, -0.2) is 4.79 Å². The fourth-order valence-electron chi connectivity index (χ4n) is 2.09. The highest BCUT2D eigenvalue weighted by Gasteiger charge is 2.17. The third-order valence-corrected chi connectivity index (χ3v) is 3.77. The number of amides is 1. The molecule has 25 heavy (non-hydrogen) atoms. The van der Waals surface area contributed by atoms with Crippen molar-refractivity contribution in [3.8, 4) is 17.6 Å². The molecule has 1 N–H and O–H groups in total. The monoisotopic (exact) mass is 338 g/mol. The maximum atomic E-state index is 11.9. The average molecular weight is 338 g/mol. The SMILES string of the molecule is CCC(C)CNC(=O)OC(C#N)c1cccc(Oc2ccccc2)c1. The Balaban J connectivity index is 2.01. The van der Waals surface area contributed by atoms with Crippen LogP contribution in [0.15, 0.2) is 54.6 Å². The number of nitrogens with zero attached hydrogens (tertiary/aromatic N) is 1. The van der Waals surface area contributed by atoms with Gasteiger partial charge in [0.05, 0.1) is 0 Å². The molecule has 1 amide bonds. The lowest BCUT2D eigenvalue weighted by Crippen LogP contribution is -2.29. The van der Waals surface area contributed by atoms with Crippen molar-refractivity contribution in [2.45, 2.75) is 26.4 Å². The average Bonchev–Trinajstić information content (AvgIpc) is 2.65. The van der Waals surface area contributed by atoms with E-state index in [-0.39, 0.29) is 0 Å². The van der Waals surface area contributed by atoms with Gasteiger partial charge < -0.3 is 14.8 Å². The third-order valence-electron chi connectivity index (χ3n) is 3.77. The van der Waals surface area contributed by atoms with Gasteiger partial charge in [0.2, 0.25) is 6.10 Å². The molecule has 2 rings (SSSR count). The molecule has 0 aliphatic heterocycles. The molecule has 0 fully saturated rings. The molecule has 5 nitrogen and oxygen atoms in total. The summed E-state index contributed by atoms with van der Waals surface area (Å²) >= 11 is 0. The molecule has 0 aromatic heterocycles. The molecule has 130 valence electrons. The number of carbonyl (C=O) groups is 1. The second-order valence-electron chi connectivity index (χ2n) is 5.80. The summed E-state index contributed by atoms with van der Waals surface area (Å²) < 4.78 is 11.0. The lowest BCUT2D eigenvalue weighted by Gasteiger charge is -2.15. The first kappa shape index (κ1) is 18.3. The van der Waals surface area contributed by atoms with Gasteiger partial charge in [-0.2, -0.15) is 5.26 Å². The molecule has 0 aliphatic rings. The Hall–Kier alpha value is -3.00. The van der Waals surface area contributed by atoms with E-state index in [4.69, 9.17) is 9.47 Å². The van der Waals surface area contributed by atoms with E-state index in [1.54, 1.807) is 24.3 Å². The molecule has 2 atom stereocenters. The van der Waals surface area contributed by atoms with Gasteiger partial charge in [0.15, 0.2) is 0 Å². The van der Waals surface area contributed by atoms with E-state index in [1.807, 2.05) is 50.2 Å². The molecule has 0 spiro atoms. The van der Waals surface area contributed by atoms with Gasteiger partial charge in [-0.3, -0.25) is 0 Å². The van der Waals surface area contributed by atoms with Crippen molar-refractivity contribution in [3.63, 3.8) is 0 Å².